The van der Waals surface area contributed by atoms with E-state index in [1.54, 1.807) is 47.1 Å². The lowest BCUT2D eigenvalue weighted by atomic mass is 9.73. The molecule has 0 radical (unpaired) electrons. The summed E-state index contributed by atoms with van der Waals surface area (Å²) in [5.41, 5.74) is -5.10. The van der Waals surface area contributed by atoms with E-state index in [2.05, 4.69) is 25.5 Å². The quantitative estimate of drug-likeness (QED) is 0.145. The van der Waals surface area contributed by atoms with Crippen LogP contribution >= 0.6 is 0 Å². The zero-order valence-corrected chi connectivity index (χ0v) is 28.1. The van der Waals surface area contributed by atoms with Gasteiger partial charge in [-0.2, -0.15) is 26.3 Å². The van der Waals surface area contributed by atoms with Gasteiger partial charge in [-0.3, -0.25) is 4.79 Å². The molecule has 0 saturated heterocycles. The van der Waals surface area contributed by atoms with Gasteiger partial charge >= 0.3 is 12.4 Å². The molecule has 0 unspecified atom stereocenters. The van der Waals surface area contributed by atoms with Crippen molar-refractivity contribution in [1.29, 1.82) is 0 Å². The van der Waals surface area contributed by atoms with E-state index in [-0.39, 0.29) is 28.4 Å². The Labute approximate surface area is 277 Å². The number of hydrogen-bond donors (Lipinski definition) is 0. The van der Waals surface area contributed by atoms with Crippen LogP contribution in [0.25, 0.3) is 0 Å². The lowest BCUT2D eigenvalue weighted by Gasteiger charge is -2.38. The van der Waals surface area contributed by atoms with Crippen molar-refractivity contribution in [2.45, 2.75) is 70.3 Å². The first kappa shape index (κ1) is 38.1. The second-order valence-corrected chi connectivity index (χ2v) is 13.2. The van der Waals surface area contributed by atoms with Crippen LogP contribution in [0.15, 0.2) is 97.1 Å². The van der Waals surface area contributed by atoms with E-state index < -0.39 is 34.5 Å². The summed E-state index contributed by atoms with van der Waals surface area (Å²) in [5.74, 6) is 0.192. The van der Waals surface area contributed by atoms with E-state index in [9.17, 15) is 31.1 Å². The van der Waals surface area contributed by atoms with Gasteiger partial charge in [0.2, 0.25) is 5.41 Å². The molecule has 10 heteroatoms. The van der Waals surface area contributed by atoms with E-state index in [1.165, 1.54) is 24.3 Å². The molecule has 0 aliphatic rings. The minimum absolute atomic E-state index is 0.0165. The molecule has 0 aliphatic carbocycles. The van der Waals surface area contributed by atoms with Gasteiger partial charge in [-0.1, -0.05) is 69.3 Å². The van der Waals surface area contributed by atoms with Gasteiger partial charge < -0.3 is 14.2 Å². The molecule has 0 saturated carbocycles. The van der Waals surface area contributed by atoms with Crippen LogP contribution in [0.3, 0.4) is 0 Å². The van der Waals surface area contributed by atoms with Crippen molar-refractivity contribution in [2.24, 2.45) is 0 Å². The molecule has 0 heterocycles. The SMILES string of the molecule is CC(C)(C)Oc1ccc(C(c2ccc(Oc3ccc(C(=O)c4ccc(C(C)(C)C)cc4)cc3)cc2)(C(F)(F)F)C(F)(F)F)cc1.COC. The molecular formula is C38H40F6O4. The molecule has 4 rings (SSSR count). The van der Waals surface area contributed by atoms with Gasteiger partial charge in [0.15, 0.2) is 5.78 Å². The number of ether oxygens (including phenoxy) is 3. The summed E-state index contributed by atoms with van der Waals surface area (Å²) in [6.45, 7) is 11.3. The number of halogens is 6. The Morgan fingerprint density at radius 3 is 1.15 bits per heavy atom. The number of methoxy groups -OCH3 is 1. The van der Waals surface area contributed by atoms with Crippen molar-refractivity contribution in [1.82, 2.24) is 0 Å². The molecule has 0 aromatic heterocycles. The summed E-state index contributed by atoms with van der Waals surface area (Å²) in [5, 5.41) is 0. The summed E-state index contributed by atoms with van der Waals surface area (Å²) in [6.07, 6.45) is -11.5. The molecule has 0 amide bonds. The molecule has 48 heavy (non-hydrogen) atoms. The summed E-state index contributed by atoms with van der Waals surface area (Å²) < 4.78 is 103. The molecule has 0 aliphatic heterocycles. The van der Waals surface area contributed by atoms with Gasteiger partial charge in [-0.25, -0.2) is 0 Å². The molecule has 0 N–H and O–H groups in total. The Balaban J connectivity index is 0.00000201. The van der Waals surface area contributed by atoms with Gasteiger partial charge in [0.25, 0.3) is 0 Å². The summed E-state index contributed by atoms with van der Waals surface area (Å²) >= 11 is 0. The molecule has 4 aromatic carbocycles. The second-order valence-electron chi connectivity index (χ2n) is 13.2. The highest BCUT2D eigenvalue weighted by Gasteiger charge is 2.72. The Kier molecular flexibility index (Phi) is 11.5. The fourth-order valence-electron chi connectivity index (χ4n) is 4.98. The van der Waals surface area contributed by atoms with Crippen molar-refractivity contribution in [3.05, 3.63) is 125 Å². The summed E-state index contributed by atoms with van der Waals surface area (Å²) in [6, 6.07) is 20.8. The number of carbonyl (C=O) groups is 1. The first-order valence-electron chi connectivity index (χ1n) is 15.0. The third-order valence-corrected chi connectivity index (χ3v) is 7.21. The Bertz CT molecular complexity index is 1610. The normalized spacial score (nSPS) is 12.5. The molecule has 258 valence electrons. The molecule has 4 aromatic rings. The van der Waals surface area contributed by atoms with Crippen molar-refractivity contribution in [2.75, 3.05) is 14.2 Å². The van der Waals surface area contributed by atoms with Crippen LogP contribution in [0.1, 0.15) is 74.2 Å². The highest BCUT2D eigenvalue weighted by Crippen LogP contribution is 2.56. The predicted octanol–water partition coefficient (Wildman–Crippen LogP) is 10.9. The van der Waals surface area contributed by atoms with Crippen molar-refractivity contribution < 1.29 is 45.3 Å². The minimum Gasteiger partial charge on any atom is -0.488 e. The average Bonchev–Trinajstić information content (AvgIpc) is 2.97. The van der Waals surface area contributed by atoms with Crippen molar-refractivity contribution >= 4 is 5.78 Å². The predicted molar refractivity (Wildman–Crippen MR) is 174 cm³/mol. The van der Waals surface area contributed by atoms with E-state index in [0.717, 1.165) is 54.1 Å². The Morgan fingerprint density at radius 1 is 0.500 bits per heavy atom. The van der Waals surface area contributed by atoms with E-state index in [0.29, 0.717) is 11.1 Å². The number of ketones is 1. The van der Waals surface area contributed by atoms with Gasteiger partial charge in [0, 0.05) is 25.3 Å². The fraction of sp³-hybridized carbons (Fsp3) is 0.342. The van der Waals surface area contributed by atoms with Crippen LogP contribution in [0.4, 0.5) is 26.3 Å². The highest BCUT2D eigenvalue weighted by molar-refractivity contribution is 6.09. The average molecular weight is 675 g/mol. The van der Waals surface area contributed by atoms with Crippen LogP contribution < -0.4 is 9.47 Å². The molecule has 0 atom stereocenters. The number of rotatable bonds is 7. The van der Waals surface area contributed by atoms with Crippen LogP contribution in [0.5, 0.6) is 17.2 Å². The van der Waals surface area contributed by atoms with Crippen LogP contribution in [0.2, 0.25) is 0 Å². The maximum atomic E-state index is 14.5. The van der Waals surface area contributed by atoms with Gasteiger partial charge in [0.1, 0.15) is 22.8 Å². The zero-order valence-electron chi connectivity index (χ0n) is 28.1. The van der Waals surface area contributed by atoms with Gasteiger partial charge in [-0.05, 0) is 91.4 Å². The Morgan fingerprint density at radius 2 is 0.812 bits per heavy atom. The van der Waals surface area contributed by atoms with Crippen LogP contribution in [0, 0.1) is 0 Å². The number of hydrogen-bond acceptors (Lipinski definition) is 4. The van der Waals surface area contributed by atoms with Gasteiger partial charge in [0.05, 0.1) is 0 Å². The Hall–Kier alpha value is -4.31. The fourth-order valence-corrected chi connectivity index (χ4v) is 4.98. The lowest BCUT2D eigenvalue weighted by molar-refractivity contribution is -0.288. The summed E-state index contributed by atoms with van der Waals surface area (Å²) in [7, 11) is 3.25. The molecular weight excluding hydrogens is 634 g/mol. The third-order valence-electron chi connectivity index (χ3n) is 7.21. The van der Waals surface area contributed by atoms with Crippen molar-refractivity contribution in [3.8, 4) is 17.2 Å². The standard InChI is InChI=1S/C36H34F6O3.C2H6O/c1-32(2,3)25-11-7-23(8-12-25)31(43)24-9-17-28(18-10-24)44-29-19-13-26(14-20-29)34(35(37,38)39,36(40,41)42)27-15-21-30(22-16-27)45-33(4,5)6;1-3-2/h7-22H,1-6H3;1-2H3. The number of alkyl halides is 6. The zero-order chi connectivity index (χ0) is 36.1. The summed E-state index contributed by atoms with van der Waals surface area (Å²) in [4.78, 5) is 12.9. The first-order valence-corrected chi connectivity index (χ1v) is 15.0. The van der Waals surface area contributed by atoms with E-state index in [1.807, 2.05) is 12.1 Å². The van der Waals surface area contributed by atoms with Crippen LogP contribution in [-0.2, 0) is 15.6 Å². The van der Waals surface area contributed by atoms with Crippen molar-refractivity contribution in [3.63, 3.8) is 0 Å². The second kappa shape index (κ2) is 14.4. The largest absolute Gasteiger partial charge is 0.488 e. The lowest BCUT2D eigenvalue weighted by Crippen LogP contribution is -2.54. The minimum atomic E-state index is -5.73. The smallest absolute Gasteiger partial charge is 0.411 e. The topological polar surface area (TPSA) is 44.8 Å². The maximum absolute atomic E-state index is 14.5. The van der Waals surface area contributed by atoms with Gasteiger partial charge in [-0.15, -0.1) is 0 Å². The third kappa shape index (κ3) is 8.78. The molecule has 0 spiro atoms. The monoisotopic (exact) mass is 674 g/mol. The highest BCUT2D eigenvalue weighted by atomic mass is 19.4. The van der Waals surface area contributed by atoms with E-state index >= 15 is 0 Å². The molecule has 0 bridgehead atoms. The number of carbonyl (C=O) groups excluding carboxylic acids is 1. The number of benzene rings is 4. The molecule has 0 fully saturated rings. The van der Waals surface area contributed by atoms with E-state index in [4.69, 9.17) is 9.47 Å². The maximum Gasteiger partial charge on any atom is 0.411 e. The first-order chi connectivity index (χ1) is 22.1. The molecule has 4 nitrogen and oxygen atoms in total. The van der Waals surface area contributed by atoms with Crippen LogP contribution in [-0.4, -0.2) is 38.0 Å².